The lowest BCUT2D eigenvalue weighted by Gasteiger charge is -2.07. The Morgan fingerprint density at radius 3 is 3.00 bits per heavy atom. The summed E-state index contributed by atoms with van der Waals surface area (Å²) in [5.74, 6) is 0. The van der Waals surface area contributed by atoms with E-state index < -0.39 is 0 Å². The lowest BCUT2D eigenvalue weighted by Crippen LogP contribution is -2.14. The Morgan fingerprint density at radius 2 is 2.20 bits per heavy atom. The summed E-state index contributed by atoms with van der Waals surface area (Å²) < 4.78 is 7.13. The molecule has 0 spiro atoms. The molecule has 0 saturated carbocycles. The molecule has 0 unspecified atom stereocenters. The van der Waals surface area contributed by atoms with E-state index in [2.05, 4.69) is 43.1 Å². The number of rotatable bonds is 9. The van der Waals surface area contributed by atoms with Crippen LogP contribution in [0.5, 0.6) is 0 Å². The summed E-state index contributed by atoms with van der Waals surface area (Å²) in [4.78, 5) is 1.40. The average molecular weight is 289 g/mol. The van der Waals surface area contributed by atoms with Crippen LogP contribution in [0.3, 0.4) is 0 Å². The number of hydrogen-bond acceptors (Lipinski definition) is 3. The van der Waals surface area contributed by atoms with Crippen LogP contribution in [-0.4, -0.2) is 13.2 Å². The number of nitrogens with one attached hydrogen (secondary N) is 1. The predicted molar refractivity (Wildman–Crippen MR) is 88.3 cm³/mol. The Kier molecular flexibility index (Phi) is 6.25. The molecule has 1 aromatic carbocycles. The van der Waals surface area contributed by atoms with E-state index in [0.717, 1.165) is 32.5 Å². The van der Waals surface area contributed by atoms with Crippen molar-refractivity contribution in [3.05, 3.63) is 47.4 Å². The van der Waals surface area contributed by atoms with Crippen molar-refractivity contribution in [1.29, 1.82) is 0 Å². The van der Waals surface area contributed by atoms with Crippen molar-refractivity contribution in [2.24, 2.45) is 0 Å². The summed E-state index contributed by atoms with van der Waals surface area (Å²) in [6.45, 7) is 9.36. The maximum absolute atomic E-state index is 5.78. The van der Waals surface area contributed by atoms with Crippen molar-refractivity contribution in [1.82, 2.24) is 5.32 Å². The monoisotopic (exact) mass is 289 g/mol. The van der Waals surface area contributed by atoms with E-state index >= 15 is 0 Å². The van der Waals surface area contributed by atoms with Crippen LogP contribution >= 0.6 is 11.3 Å². The molecule has 0 fully saturated rings. The van der Waals surface area contributed by atoms with Crippen LogP contribution in [0, 0.1) is 0 Å². The van der Waals surface area contributed by atoms with Crippen molar-refractivity contribution in [3.8, 4) is 0 Å². The topological polar surface area (TPSA) is 21.3 Å². The molecule has 20 heavy (non-hydrogen) atoms. The summed E-state index contributed by atoms with van der Waals surface area (Å²) in [6.07, 6.45) is 3.97. The van der Waals surface area contributed by atoms with Gasteiger partial charge in [-0.1, -0.05) is 31.2 Å². The third-order valence-electron chi connectivity index (χ3n) is 3.21. The first-order chi connectivity index (χ1) is 9.86. The number of ether oxygens (including phenoxy) is 1. The molecule has 0 aliphatic heterocycles. The molecule has 1 aromatic heterocycles. The minimum Gasteiger partial charge on any atom is -0.376 e. The van der Waals surface area contributed by atoms with E-state index in [1.54, 1.807) is 0 Å². The predicted octanol–water partition coefficient (Wildman–Crippen LogP) is 4.49. The molecule has 0 amide bonds. The van der Waals surface area contributed by atoms with Crippen molar-refractivity contribution in [2.75, 3.05) is 13.2 Å². The summed E-state index contributed by atoms with van der Waals surface area (Å²) in [6, 6.07) is 8.59. The lowest BCUT2D eigenvalue weighted by atomic mass is 10.1. The third kappa shape index (κ3) is 3.92. The molecular weight excluding hydrogens is 266 g/mol. The van der Waals surface area contributed by atoms with E-state index in [-0.39, 0.29) is 0 Å². The van der Waals surface area contributed by atoms with Gasteiger partial charge < -0.3 is 10.1 Å². The van der Waals surface area contributed by atoms with E-state index in [1.165, 1.54) is 20.5 Å². The molecule has 108 valence electrons. The van der Waals surface area contributed by atoms with E-state index in [9.17, 15) is 0 Å². The highest BCUT2D eigenvalue weighted by molar-refractivity contribution is 7.19. The van der Waals surface area contributed by atoms with Crippen LogP contribution in [0.25, 0.3) is 10.1 Å². The normalized spacial score (nSPS) is 11.1. The van der Waals surface area contributed by atoms with Crippen LogP contribution in [-0.2, 0) is 17.9 Å². The second kappa shape index (κ2) is 8.20. The Hall–Kier alpha value is -1.16. The van der Waals surface area contributed by atoms with Gasteiger partial charge in [-0.25, -0.2) is 0 Å². The number of hydrogen-bond donors (Lipinski definition) is 1. The molecule has 0 aliphatic rings. The van der Waals surface area contributed by atoms with Gasteiger partial charge in [0.05, 0.1) is 13.2 Å². The molecule has 0 bridgehead atoms. The van der Waals surface area contributed by atoms with Crippen LogP contribution in [0.4, 0.5) is 0 Å². The molecule has 1 heterocycles. The third-order valence-corrected chi connectivity index (χ3v) is 4.42. The van der Waals surface area contributed by atoms with E-state index in [4.69, 9.17) is 4.74 Å². The quantitative estimate of drug-likeness (QED) is 0.542. The van der Waals surface area contributed by atoms with Crippen molar-refractivity contribution < 1.29 is 4.74 Å². The summed E-state index contributed by atoms with van der Waals surface area (Å²) in [5, 5.41) is 4.83. The van der Waals surface area contributed by atoms with Gasteiger partial charge in [0.2, 0.25) is 0 Å². The summed E-state index contributed by atoms with van der Waals surface area (Å²) in [5.41, 5.74) is 1.35. The molecule has 3 heteroatoms. The Morgan fingerprint density at radius 1 is 1.35 bits per heavy atom. The zero-order chi connectivity index (χ0) is 14.2. The molecular formula is C17H23NOS. The second-order valence-corrected chi connectivity index (χ2v) is 5.94. The number of benzene rings is 1. The molecule has 2 nitrogen and oxygen atoms in total. The molecule has 1 N–H and O–H groups in total. The second-order valence-electron chi connectivity index (χ2n) is 4.81. The molecule has 0 radical (unpaired) electrons. The highest BCUT2D eigenvalue weighted by Gasteiger charge is 2.11. The summed E-state index contributed by atoms with van der Waals surface area (Å²) >= 11 is 1.88. The van der Waals surface area contributed by atoms with Crippen LogP contribution in [0.2, 0.25) is 0 Å². The smallest absolute Gasteiger partial charge is 0.0734 e. The van der Waals surface area contributed by atoms with Gasteiger partial charge in [0.25, 0.3) is 0 Å². The van der Waals surface area contributed by atoms with Gasteiger partial charge in [-0.2, -0.15) is 0 Å². The fourth-order valence-corrected chi connectivity index (χ4v) is 3.35. The number of fused-ring (bicyclic) bond motifs is 1. The fourth-order valence-electron chi connectivity index (χ4n) is 2.17. The van der Waals surface area contributed by atoms with Gasteiger partial charge in [0, 0.05) is 21.7 Å². The van der Waals surface area contributed by atoms with Gasteiger partial charge in [0.1, 0.15) is 0 Å². The molecule has 0 aliphatic carbocycles. The van der Waals surface area contributed by atoms with Gasteiger partial charge >= 0.3 is 0 Å². The van der Waals surface area contributed by atoms with E-state index in [0.29, 0.717) is 6.61 Å². The van der Waals surface area contributed by atoms with E-state index in [1.807, 2.05) is 17.4 Å². The fraction of sp³-hybridized carbons (Fsp3) is 0.412. The largest absolute Gasteiger partial charge is 0.376 e. The zero-order valence-corrected chi connectivity index (χ0v) is 13.0. The zero-order valence-electron chi connectivity index (χ0n) is 12.2. The van der Waals surface area contributed by atoms with Crippen molar-refractivity contribution >= 4 is 21.4 Å². The van der Waals surface area contributed by atoms with Gasteiger partial charge in [-0.15, -0.1) is 17.9 Å². The van der Waals surface area contributed by atoms with Crippen LogP contribution < -0.4 is 5.32 Å². The summed E-state index contributed by atoms with van der Waals surface area (Å²) in [7, 11) is 0. The van der Waals surface area contributed by atoms with Gasteiger partial charge in [0.15, 0.2) is 0 Å². The van der Waals surface area contributed by atoms with Gasteiger partial charge in [-0.05, 0) is 30.8 Å². The van der Waals surface area contributed by atoms with Crippen LogP contribution in [0.1, 0.15) is 30.2 Å². The Balaban J connectivity index is 2.13. The number of thiophene rings is 1. The molecule has 2 rings (SSSR count). The van der Waals surface area contributed by atoms with Gasteiger partial charge in [-0.3, -0.25) is 0 Å². The Labute approximate surface area is 125 Å². The van der Waals surface area contributed by atoms with Crippen LogP contribution in [0.15, 0.2) is 36.9 Å². The molecule has 0 atom stereocenters. The minimum absolute atomic E-state index is 0.695. The minimum atomic E-state index is 0.695. The molecule has 2 aromatic rings. The first-order valence-electron chi connectivity index (χ1n) is 7.25. The Bertz CT molecular complexity index is 547. The maximum atomic E-state index is 5.78. The lowest BCUT2D eigenvalue weighted by molar-refractivity contribution is 0.126. The highest BCUT2D eigenvalue weighted by atomic mass is 32.1. The standard InChI is InChI=1S/C17H23NOS/c1-3-5-11-19-13-15-14-8-6-7-9-16(14)20-17(15)12-18-10-4-2/h3,6-9,18H,1,4-5,10-13H2,2H3. The maximum Gasteiger partial charge on any atom is 0.0734 e. The average Bonchev–Trinajstić information content (AvgIpc) is 2.82. The SMILES string of the molecule is C=CCCOCc1c(CNCCC)sc2ccccc12. The highest BCUT2D eigenvalue weighted by Crippen LogP contribution is 2.31. The van der Waals surface area contributed by atoms with Crippen molar-refractivity contribution in [3.63, 3.8) is 0 Å². The first-order valence-corrected chi connectivity index (χ1v) is 8.07. The first kappa shape index (κ1) is 15.2. The van der Waals surface area contributed by atoms with Crippen molar-refractivity contribution in [2.45, 2.75) is 32.9 Å². The molecule has 0 saturated heterocycles.